The molecule has 0 aliphatic rings. The van der Waals surface area contributed by atoms with Crippen molar-refractivity contribution in [1.29, 1.82) is 0 Å². The van der Waals surface area contributed by atoms with Gasteiger partial charge in [0.1, 0.15) is 0 Å². The Morgan fingerprint density at radius 2 is 1.35 bits per heavy atom. The lowest BCUT2D eigenvalue weighted by Gasteiger charge is -2.17. The molecule has 0 aliphatic carbocycles. The number of aromatic nitrogens is 4. The van der Waals surface area contributed by atoms with Gasteiger partial charge >= 0.3 is 12.4 Å². The molecule has 0 aliphatic heterocycles. The van der Waals surface area contributed by atoms with E-state index in [0.29, 0.717) is 12.1 Å². The molecule has 1 atom stereocenters. The highest BCUT2D eigenvalue weighted by atomic mass is 19.4. The number of carbonyl (C=O) groups is 2. The van der Waals surface area contributed by atoms with Crippen LogP contribution in [0, 0.1) is 0 Å². The third kappa shape index (κ3) is 5.82. The van der Waals surface area contributed by atoms with Crippen LogP contribution < -0.4 is 10.6 Å². The highest BCUT2D eigenvalue weighted by molar-refractivity contribution is 6.03. The molecule has 2 heterocycles. The van der Waals surface area contributed by atoms with Gasteiger partial charge in [0.05, 0.1) is 22.9 Å². The Labute approximate surface area is 187 Å². The van der Waals surface area contributed by atoms with Crippen LogP contribution in [0.15, 0.2) is 49.1 Å². The zero-order valence-corrected chi connectivity index (χ0v) is 17.1. The van der Waals surface area contributed by atoms with E-state index in [1.54, 1.807) is 0 Å². The number of halogens is 6. The third-order valence-electron chi connectivity index (χ3n) is 4.34. The van der Waals surface area contributed by atoms with E-state index < -0.39 is 46.9 Å². The number of anilines is 1. The van der Waals surface area contributed by atoms with Gasteiger partial charge in [0.25, 0.3) is 11.8 Å². The second kappa shape index (κ2) is 9.41. The van der Waals surface area contributed by atoms with Crippen molar-refractivity contribution in [2.24, 2.45) is 0 Å². The van der Waals surface area contributed by atoms with Crippen LogP contribution in [0.25, 0.3) is 0 Å². The summed E-state index contributed by atoms with van der Waals surface area (Å²) in [5.41, 5.74) is -4.50. The van der Waals surface area contributed by atoms with Gasteiger partial charge in [-0.05, 0) is 31.2 Å². The van der Waals surface area contributed by atoms with E-state index in [1.807, 2.05) is 0 Å². The van der Waals surface area contributed by atoms with Gasteiger partial charge in [0.2, 0.25) is 5.95 Å². The fourth-order valence-electron chi connectivity index (χ4n) is 2.80. The molecule has 178 valence electrons. The number of nitrogens with zero attached hydrogens (tertiary/aromatic N) is 4. The summed E-state index contributed by atoms with van der Waals surface area (Å²) in [5, 5.41) is 4.60. The summed E-state index contributed by atoms with van der Waals surface area (Å²) in [7, 11) is 0. The Kier molecular flexibility index (Phi) is 6.79. The van der Waals surface area contributed by atoms with Crippen molar-refractivity contribution >= 4 is 17.8 Å². The van der Waals surface area contributed by atoms with Crippen LogP contribution >= 0.6 is 0 Å². The first-order chi connectivity index (χ1) is 15.9. The predicted molar refractivity (Wildman–Crippen MR) is 104 cm³/mol. The lowest BCUT2D eigenvalue weighted by Crippen LogP contribution is -2.30. The number of benzene rings is 1. The van der Waals surface area contributed by atoms with Gasteiger partial charge < -0.3 is 5.32 Å². The molecule has 2 aromatic heterocycles. The Hall–Kier alpha value is -4.10. The van der Waals surface area contributed by atoms with E-state index in [1.165, 1.54) is 37.8 Å². The molecular weight excluding hydrogens is 470 g/mol. The van der Waals surface area contributed by atoms with Crippen LogP contribution in [0.2, 0.25) is 0 Å². The van der Waals surface area contributed by atoms with E-state index in [9.17, 15) is 35.9 Å². The van der Waals surface area contributed by atoms with Crippen molar-refractivity contribution in [1.82, 2.24) is 25.3 Å². The maximum absolute atomic E-state index is 13.1. The van der Waals surface area contributed by atoms with E-state index in [0.717, 1.165) is 0 Å². The Morgan fingerprint density at radius 3 is 1.91 bits per heavy atom. The van der Waals surface area contributed by atoms with Crippen molar-refractivity contribution in [2.75, 3.05) is 5.32 Å². The van der Waals surface area contributed by atoms with E-state index in [2.05, 4.69) is 30.6 Å². The Balaban J connectivity index is 1.87. The highest BCUT2D eigenvalue weighted by Gasteiger charge is 2.37. The second-order valence-electron chi connectivity index (χ2n) is 6.81. The maximum Gasteiger partial charge on any atom is 0.416 e. The summed E-state index contributed by atoms with van der Waals surface area (Å²) in [4.78, 5) is 40.6. The molecule has 14 heteroatoms. The summed E-state index contributed by atoms with van der Waals surface area (Å²) < 4.78 is 78.5. The van der Waals surface area contributed by atoms with E-state index in [4.69, 9.17) is 0 Å². The number of carbonyl (C=O) groups excluding carboxylic acids is 2. The molecule has 1 unspecified atom stereocenters. The Morgan fingerprint density at radius 1 is 0.794 bits per heavy atom. The summed E-state index contributed by atoms with van der Waals surface area (Å²) in [5.74, 6) is -2.09. The molecule has 0 saturated heterocycles. The van der Waals surface area contributed by atoms with Crippen molar-refractivity contribution in [3.8, 4) is 0 Å². The maximum atomic E-state index is 13.1. The standard InChI is InChI=1S/C20H14F6N6O2/c1-10(14-15(28-6-5-27-14)17(34)32-18-29-3-2-4-30-18)31-16(33)11-7-12(19(21,22)23)9-13(8-11)20(24,25)26/h2-10H,1H3,(H,31,33)(H,29,30,32,34). The zero-order chi connectivity index (χ0) is 25.1. The normalized spacial score (nSPS) is 12.7. The highest BCUT2D eigenvalue weighted by Crippen LogP contribution is 2.36. The zero-order valence-electron chi connectivity index (χ0n) is 17.1. The molecule has 8 nitrogen and oxygen atoms in total. The average Bonchev–Trinajstić information content (AvgIpc) is 2.78. The number of hydrogen-bond acceptors (Lipinski definition) is 6. The fraction of sp³-hybridized carbons (Fsp3) is 0.200. The van der Waals surface area contributed by atoms with Crippen LogP contribution in [0.4, 0.5) is 32.3 Å². The molecule has 34 heavy (non-hydrogen) atoms. The lowest BCUT2D eigenvalue weighted by atomic mass is 10.0. The van der Waals surface area contributed by atoms with Gasteiger partial charge in [-0.15, -0.1) is 0 Å². The quantitative estimate of drug-likeness (QED) is 0.529. The molecule has 0 spiro atoms. The van der Waals surface area contributed by atoms with Gasteiger partial charge in [-0.25, -0.2) is 15.0 Å². The molecule has 2 amide bonds. The molecular formula is C20H14F6N6O2. The molecule has 1 aromatic carbocycles. The van der Waals surface area contributed by atoms with Crippen LogP contribution in [-0.2, 0) is 12.4 Å². The van der Waals surface area contributed by atoms with Crippen LogP contribution in [0.1, 0.15) is 50.6 Å². The number of amides is 2. The van der Waals surface area contributed by atoms with Crippen LogP contribution in [0.5, 0.6) is 0 Å². The minimum atomic E-state index is -5.11. The minimum Gasteiger partial charge on any atom is -0.344 e. The van der Waals surface area contributed by atoms with Gasteiger partial charge in [0.15, 0.2) is 5.69 Å². The fourth-order valence-corrected chi connectivity index (χ4v) is 2.80. The molecule has 0 saturated carbocycles. The van der Waals surface area contributed by atoms with Gasteiger partial charge in [-0.2, -0.15) is 26.3 Å². The molecule has 2 N–H and O–H groups in total. The molecule has 3 aromatic rings. The predicted octanol–water partition coefficient (Wildman–Crippen LogP) is 4.05. The summed E-state index contributed by atoms with van der Waals surface area (Å²) in [6.45, 7) is 1.33. The molecule has 0 fully saturated rings. The minimum absolute atomic E-state index is 0.0514. The molecule has 0 radical (unpaired) electrons. The summed E-state index contributed by atoms with van der Waals surface area (Å²) in [6, 6.07) is 0.904. The number of rotatable bonds is 5. The van der Waals surface area contributed by atoms with Crippen molar-refractivity contribution < 1.29 is 35.9 Å². The number of nitrogens with one attached hydrogen (secondary N) is 2. The summed E-state index contributed by atoms with van der Waals surface area (Å²) >= 11 is 0. The number of hydrogen-bond donors (Lipinski definition) is 2. The smallest absolute Gasteiger partial charge is 0.344 e. The second-order valence-corrected chi connectivity index (χ2v) is 6.81. The first kappa shape index (κ1) is 24.5. The first-order valence-corrected chi connectivity index (χ1v) is 9.36. The van der Waals surface area contributed by atoms with Gasteiger partial charge in [-0.1, -0.05) is 0 Å². The first-order valence-electron chi connectivity index (χ1n) is 9.36. The van der Waals surface area contributed by atoms with Gasteiger partial charge in [0, 0.05) is 30.4 Å². The monoisotopic (exact) mass is 484 g/mol. The van der Waals surface area contributed by atoms with E-state index >= 15 is 0 Å². The lowest BCUT2D eigenvalue weighted by molar-refractivity contribution is -0.143. The largest absolute Gasteiger partial charge is 0.416 e. The van der Waals surface area contributed by atoms with Crippen molar-refractivity contribution in [3.63, 3.8) is 0 Å². The van der Waals surface area contributed by atoms with Crippen molar-refractivity contribution in [3.05, 3.63) is 77.1 Å². The number of alkyl halides is 6. The SMILES string of the molecule is CC(NC(=O)c1cc(C(F)(F)F)cc(C(F)(F)F)c1)c1nccnc1C(=O)Nc1ncccn1. The molecule has 0 bridgehead atoms. The van der Waals surface area contributed by atoms with Crippen molar-refractivity contribution in [2.45, 2.75) is 25.3 Å². The van der Waals surface area contributed by atoms with E-state index in [-0.39, 0.29) is 23.4 Å². The summed E-state index contributed by atoms with van der Waals surface area (Å²) in [6.07, 6.45) is -5.11. The molecule has 3 rings (SSSR count). The topological polar surface area (TPSA) is 110 Å². The van der Waals surface area contributed by atoms with Gasteiger partial charge in [-0.3, -0.25) is 19.9 Å². The van der Waals surface area contributed by atoms with Crippen LogP contribution in [-0.4, -0.2) is 31.8 Å². The Bertz CT molecular complexity index is 1170. The van der Waals surface area contributed by atoms with Crippen LogP contribution in [0.3, 0.4) is 0 Å². The third-order valence-corrected chi connectivity index (χ3v) is 4.34. The average molecular weight is 484 g/mol.